The van der Waals surface area contributed by atoms with Crippen LogP contribution < -0.4 is 14.8 Å². The molecule has 0 radical (unpaired) electrons. The number of imidazole rings is 1. The van der Waals surface area contributed by atoms with Crippen molar-refractivity contribution >= 4 is 56.6 Å². The van der Waals surface area contributed by atoms with Crippen LogP contribution in [0.1, 0.15) is 16.7 Å². The summed E-state index contributed by atoms with van der Waals surface area (Å²) in [5, 5.41) is 9.86. The summed E-state index contributed by atoms with van der Waals surface area (Å²) in [4.78, 5) is 18.1. The van der Waals surface area contributed by atoms with E-state index in [1.165, 1.54) is 11.3 Å². The lowest BCUT2D eigenvalue weighted by molar-refractivity contribution is 0.306. The van der Waals surface area contributed by atoms with Crippen molar-refractivity contribution in [2.24, 2.45) is 0 Å². The number of thiazole rings is 1. The summed E-state index contributed by atoms with van der Waals surface area (Å²) in [5.74, 6) is 0.326. The molecule has 0 aliphatic rings. The zero-order valence-electron chi connectivity index (χ0n) is 16.4. The Labute approximate surface area is 196 Å². The van der Waals surface area contributed by atoms with E-state index in [0.717, 1.165) is 16.6 Å². The highest BCUT2D eigenvalue weighted by atomic mass is 35.5. The smallest absolute Gasteiger partial charge is 0.274 e. The van der Waals surface area contributed by atoms with Crippen molar-refractivity contribution in [1.82, 2.24) is 9.38 Å². The van der Waals surface area contributed by atoms with Crippen molar-refractivity contribution in [2.45, 2.75) is 6.61 Å². The Morgan fingerprint density at radius 2 is 1.81 bits per heavy atom. The Morgan fingerprint density at radius 1 is 1.09 bits per heavy atom. The lowest BCUT2D eigenvalue weighted by Gasteiger charge is -2.11. The van der Waals surface area contributed by atoms with E-state index >= 15 is 0 Å². The van der Waals surface area contributed by atoms with Crippen LogP contribution in [0.5, 0.6) is 5.75 Å². The third-order valence-corrected chi connectivity index (χ3v) is 6.50. The molecule has 5 aromatic rings. The third kappa shape index (κ3) is 3.61. The van der Waals surface area contributed by atoms with Gasteiger partial charge in [-0.3, -0.25) is 4.79 Å². The fourth-order valence-electron chi connectivity index (χ4n) is 3.47. The molecule has 0 fully saturated rings. The second-order valence-corrected chi connectivity index (χ2v) is 8.83. The van der Waals surface area contributed by atoms with Crippen molar-refractivity contribution < 1.29 is 4.74 Å². The minimum absolute atomic E-state index is 0.139. The Morgan fingerprint density at radius 3 is 2.59 bits per heavy atom. The molecule has 0 amide bonds. The van der Waals surface area contributed by atoms with Crippen molar-refractivity contribution in [3.8, 4) is 11.8 Å². The number of benzene rings is 3. The summed E-state index contributed by atoms with van der Waals surface area (Å²) in [5.41, 5.74) is 3.37. The molecule has 2 heterocycles. The van der Waals surface area contributed by atoms with Gasteiger partial charge in [-0.1, -0.05) is 64.9 Å². The van der Waals surface area contributed by atoms with Crippen LogP contribution in [0, 0.1) is 11.3 Å². The number of halogens is 2. The normalized spacial score (nSPS) is 11.8. The summed E-state index contributed by atoms with van der Waals surface area (Å²) in [7, 11) is 0. The molecule has 5 nitrogen and oxygen atoms in total. The van der Waals surface area contributed by atoms with Gasteiger partial charge in [-0.05, 0) is 42.0 Å². The van der Waals surface area contributed by atoms with E-state index in [0.29, 0.717) is 36.4 Å². The maximum atomic E-state index is 12.9. The van der Waals surface area contributed by atoms with E-state index in [1.54, 1.807) is 34.7 Å². The van der Waals surface area contributed by atoms with Gasteiger partial charge in [0.25, 0.3) is 5.56 Å². The summed E-state index contributed by atoms with van der Waals surface area (Å²) in [6.07, 6.45) is 1.74. The fourth-order valence-corrected chi connectivity index (χ4v) is 5.07. The highest BCUT2D eigenvalue weighted by molar-refractivity contribution is 7.15. The van der Waals surface area contributed by atoms with Gasteiger partial charge in [0.15, 0.2) is 10.7 Å². The molecule has 2 aromatic heterocycles. The molecule has 32 heavy (non-hydrogen) atoms. The second-order valence-electron chi connectivity index (χ2n) is 7.01. The molecule has 0 spiro atoms. The van der Waals surface area contributed by atoms with Crippen LogP contribution in [-0.4, -0.2) is 9.38 Å². The SMILES string of the molecule is N#Cc1ccccc1COc1c(Cl)cc(C=c2sc3nc4ccccc4n3c2=O)cc1Cl. The number of hydrogen-bond donors (Lipinski definition) is 0. The largest absolute Gasteiger partial charge is 0.486 e. The van der Waals surface area contributed by atoms with Crippen LogP contribution in [0.3, 0.4) is 0 Å². The monoisotopic (exact) mass is 477 g/mol. The minimum atomic E-state index is -0.139. The second kappa shape index (κ2) is 8.29. The average molecular weight is 478 g/mol. The Hall–Kier alpha value is -3.37. The molecular formula is C24H13Cl2N3O2S. The van der Waals surface area contributed by atoms with Crippen LogP contribution >= 0.6 is 34.5 Å². The summed E-state index contributed by atoms with van der Waals surface area (Å²) >= 11 is 14.2. The Balaban J connectivity index is 1.49. The lowest BCUT2D eigenvalue weighted by atomic mass is 10.1. The van der Waals surface area contributed by atoms with Gasteiger partial charge in [-0.25, -0.2) is 9.38 Å². The van der Waals surface area contributed by atoms with E-state index in [9.17, 15) is 10.1 Å². The summed E-state index contributed by atoms with van der Waals surface area (Å²) < 4.78 is 7.95. The van der Waals surface area contributed by atoms with Crippen LogP contribution in [-0.2, 0) is 6.61 Å². The molecule has 0 unspecified atom stereocenters. The third-order valence-electron chi connectivity index (χ3n) is 4.97. The number of nitrogens with zero attached hydrogens (tertiary/aromatic N) is 3. The first-order valence-electron chi connectivity index (χ1n) is 9.57. The van der Waals surface area contributed by atoms with Crippen LogP contribution in [0.4, 0.5) is 0 Å². The van der Waals surface area contributed by atoms with Crippen molar-refractivity contribution in [3.05, 3.63) is 102 Å². The number of nitriles is 1. The minimum Gasteiger partial charge on any atom is -0.486 e. The molecule has 8 heteroatoms. The molecule has 0 aliphatic heterocycles. The molecule has 0 bridgehead atoms. The molecular weight excluding hydrogens is 465 g/mol. The van der Waals surface area contributed by atoms with Gasteiger partial charge in [0.05, 0.1) is 37.2 Å². The van der Waals surface area contributed by atoms with Gasteiger partial charge < -0.3 is 4.74 Å². The number of aromatic nitrogens is 2. The highest BCUT2D eigenvalue weighted by Gasteiger charge is 2.13. The fraction of sp³-hybridized carbons (Fsp3) is 0.0417. The first-order chi connectivity index (χ1) is 15.5. The molecule has 3 aromatic carbocycles. The van der Waals surface area contributed by atoms with Crippen molar-refractivity contribution in [3.63, 3.8) is 0 Å². The van der Waals surface area contributed by atoms with Gasteiger partial charge >= 0.3 is 0 Å². The number of hydrogen-bond acceptors (Lipinski definition) is 5. The Kier molecular flexibility index (Phi) is 5.32. The first kappa shape index (κ1) is 20.5. The zero-order chi connectivity index (χ0) is 22.2. The van der Waals surface area contributed by atoms with Gasteiger partial charge in [-0.2, -0.15) is 5.26 Å². The van der Waals surface area contributed by atoms with Gasteiger partial charge in [0.1, 0.15) is 6.61 Å². The van der Waals surface area contributed by atoms with Gasteiger partial charge in [0.2, 0.25) is 0 Å². The van der Waals surface area contributed by atoms with Crippen molar-refractivity contribution in [2.75, 3.05) is 0 Å². The van der Waals surface area contributed by atoms with E-state index < -0.39 is 0 Å². The molecule has 0 saturated carbocycles. The molecule has 5 rings (SSSR count). The van der Waals surface area contributed by atoms with Gasteiger partial charge in [0, 0.05) is 5.56 Å². The van der Waals surface area contributed by atoms with Gasteiger partial charge in [-0.15, -0.1) is 0 Å². The maximum absolute atomic E-state index is 12.9. The number of rotatable bonds is 4. The van der Waals surface area contributed by atoms with E-state index in [-0.39, 0.29) is 12.2 Å². The van der Waals surface area contributed by atoms with Crippen LogP contribution in [0.15, 0.2) is 65.5 Å². The predicted octanol–water partition coefficient (Wildman–Crippen LogP) is 5.21. The molecule has 0 saturated heterocycles. The van der Waals surface area contributed by atoms with Crippen LogP contribution in [0.25, 0.3) is 22.1 Å². The predicted molar refractivity (Wildman–Crippen MR) is 128 cm³/mol. The maximum Gasteiger partial charge on any atom is 0.274 e. The van der Waals surface area contributed by atoms with E-state index in [1.807, 2.05) is 36.4 Å². The summed E-state index contributed by atoms with van der Waals surface area (Å²) in [6.45, 7) is 0.159. The standard InChI is InChI=1S/C24H13Cl2N3O2S/c25-17-9-14(10-18(26)22(17)31-13-16-6-2-1-5-15(16)12-27)11-21-23(30)29-20-8-4-3-7-19(20)28-24(29)32-21/h1-11H,13H2. The average Bonchev–Trinajstić information content (AvgIpc) is 3.29. The zero-order valence-corrected chi connectivity index (χ0v) is 18.7. The topological polar surface area (TPSA) is 67.4 Å². The molecule has 156 valence electrons. The number of fused-ring (bicyclic) bond motifs is 3. The summed E-state index contributed by atoms with van der Waals surface area (Å²) in [6, 6.07) is 20.2. The van der Waals surface area contributed by atoms with Crippen LogP contribution in [0.2, 0.25) is 10.0 Å². The number of para-hydroxylation sites is 2. The first-order valence-corrected chi connectivity index (χ1v) is 11.1. The molecule has 0 N–H and O–H groups in total. The molecule has 0 atom stereocenters. The van der Waals surface area contributed by atoms with E-state index in [4.69, 9.17) is 27.9 Å². The lowest BCUT2D eigenvalue weighted by Crippen LogP contribution is -2.22. The number of ether oxygens (including phenoxy) is 1. The van der Waals surface area contributed by atoms with Crippen molar-refractivity contribution in [1.29, 1.82) is 5.26 Å². The highest BCUT2D eigenvalue weighted by Crippen LogP contribution is 2.35. The molecule has 0 aliphatic carbocycles. The quantitative estimate of drug-likeness (QED) is 0.356. The van der Waals surface area contributed by atoms with E-state index in [2.05, 4.69) is 11.1 Å². The Bertz CT molecular complexity index is 1630.